The number of amidine groups is 1. The fourth-order valence-electron chi connectivity index (χ4n) is 3.59. The van der Waals surface area contributed by atoms with Crippen LogP contribution in [0.1, 0.15) is 16.7 Å². The summed E-state index contributed by atoms with van der Waals surface area (Å²) in [5, 5.41) is 7.26. The fourth-order valence-corrected chi connectivity index (χ4v) is 3.77. The Hall–Kier alpha value is -3.79. The summed E-state index contributed by atoms with van der Waals surface area (Å²) in [6.07, 6.45) is 2.96. The number of pyridine rings is 1. The Kier molecular flexibility index (Phi) is 7.62. The first-order valence-electron chi connectivity index (χ1n) is 9.73. The summed E-state index contributed by atoms with van der Waals surface area (Å²) >= 11 is 6.02. The number of aromatic nitrogens is 1. The maximum atomic E-state index is 14.7. The topological polar surface area (TPSA) is 107 Å². The molecule has 0 saturated heterocycles. The van der Waals surface area contributed by atoms with Crippen LogP contribution < -0.4 is 10.5 Å². The SMILES string of the molecule is Cc1cc(C2(c3ccc(F)c(-c4cncc(Cl)c4)c3)COC(N)=N2)ccc1OC(F)F.O=CO. The number of nitrogens with two attached hydrogens (primary N) is 1. The molecule has 0 saturated carbocycles. The van der Waals surface area contributed by atoms with Gasteiger partial charge in [-0.3, -0.25) is 9.78 Å². The van der Waals surface area contributed by atoms with E-state index in [9.17, 15) is 13.2 Å². The molecule has 11 heteroatoms. The maximum absolute atomic E-state index is 14.7. The van der Waals surface area contributed by atoms with Crippen LogP contribution in [0.25, 0.3) is 11.1 Å². The average molecular weight is 494 g/mol. The van der Waals surface area contributed by atoms with Crippen LogP contribution >= 0.6 is 11.6 Å². The molecule has 3 N–H and O–H groups in total. The first kappa shape index (κ1) is 24.8. The molecule has 7 nitrogen and oxygen atoms in total. The van der Waals surface area contributed by atoms with Gasteiger partial charge in [0.15, 0.2) is 5.54 Å². The fraction of sp³-hybridized carbons (Fsp3) is 0.174. The molecule has 3 aromatic rings. The predicted octanol–water partition coefficient (Wildman–Crippen LogP) is 4.74. The molecule has 1 aliphatic heterocycles. The van der Waals surface area contributed by atoms with Crippen LogP contribution in [0.3, 0.4) is 0 Å². The predicted molar refractivity (Wildman–Crippen MR) is 119 cm³/mol. The zero-order valence-corrected chi connectivity index (χ0v) is 18.5. The van der Waals surface area contributed by atoms with Gasteiger partial charge in [-0.1, -0.05) is 23.7 Å². The van der Waals surface area contributed by atoms with Crippen molar-refractivity contribution in [2.45, 2.75) is 19.1 Å². The summed E-state index contributed by atoms with van der Waals surface area (Å²) in [5.74, 6) is -0.412. The van der Waals surface area contributed by atoms with E-state index >= 15 is 0 Å². The largest absolute Gasteiger partial charge is 0.483 e. The van der Waals surface area contributed by atoms with Crippen molar-refractivity contribution < 1.29 is 32.5 Å². The quantitative estimate of drug-likeness (QED) is 0.497. The summed E-state index contributed by atoms with van der Waals surface area (Å²) in [6.45, 7) is -1.48. The van der Waals surface area contributed by atoms with Crippen molar-refractivity contribution in [3.63, 3.8) is 0 Å². The molecule has 178 valence electrons. The van der Waals surface area contributed by atoms with Gasteiger partial charge in [0, 0.05) is 23.5 Å². The minimum atomic E-state index is -2.94. The number of halogens is 4. The molecule has 0 radical (unpaired) electrons. The van der Waals surface area contributed by atoms with E-state index in [2.05, 4.69) is 14.7 Å². The molecular weight excluding hydrogens is 475 g/mol. The van der Waals surface area contributed by atoms with Crippen LogP contribution in [0.5, 0.6) is 5.75 Å². The van der Waals surface area contributed by atoms with E-state index in [0.29, 0.717) is 27.3 Å². The Morgan fingerprint density at radius 3 is 2.47 bits per heavy atom. The Labute approximate surface area is 197 Å². The first-order valence-corrected chi connectivity index (χ1v) is 10.1. The monoisotopic (exact) mass is 493 g/mol. The molecule has 1 unspecified atom stereocenters. The summed E-state index contributed by atoms with van der Waals surface area (Å²) in [4.78, 5) is 16.9. The van der Waals surface area contributed by atoms with E-state index in [-0.39, 0.29) is 30.4 Å². The standard InChI is InChI=1S/C22H17ClF3N3O2.CH2O2/c1-12-6-14(3-5-19(12)31-20(25)26)22(11-30-21(27)29-22)15-2-4-18(24)17(8-15)13-7-16(23)10-28-9-13;2-1-3/h2-10,20H,11H2,1H3,(H2,27,29);1H,(H,2,3). The molecule has 4 rings (SSSR count). The van der Waals surface area contributed by atoms with Crippen LogP contribution in [-0.4, -0.2) is 35.8 Å². The van der Waals surface area contributed by atoms with E-state index in [4.69, 9.17) is 32.0 Å². The average Bonchev–Trinajstić information content (AvgIpc) is 3.18. The normalized spacial score (nSPS) is 16.8. The summed E-state index contributed by atoms with van der Waals surface area (Å²) < 4.78 is 49.9. The minimum Gasteiger partial charge on any atom is -0.483 e. The number of hydrogen-bond donors (Lipinski definition) is 2. The van der Waals surface area contributed by atoms with Gasteiger partial charge >= 0.3 is 6.61 Å². The van der Waals surface area contributed by atoms with E-state index in [1.165, 1.54) is 24.5 Å². The lowest BCUT2D eigenvalue weighted by Crippen LogP contribution is -2.27. The lowest BCUT2D eigenvalue weighted by Gasteiger charge is -2.27. The number of rotatable bonds is 5. The van der Waals surface area contributed by atoms with Crippen molar-refractivity contribution in [3.8, 4) is 16.9 Å². The molecule has 0 bridgehead atoms. The number of nitrogens with zero attached hydrogens (tertiary/aromatic N) is 2. The van der Waals surface area contributed by atoms with Crippen molar-refractivity contribution in [1.29, 1.82) is 0 Å². The second kappa shape index (κ2) is 10.4. The summed E-state index contributed by atoms with van der Waals surface area (Å²) in [7, 11) is 0. The van der Waals surface area contributed by atoms with Gasteiger partial charge in [0.2, 0.25) is 0 Å². The molecular formula is C23H19ClF3N3O4. The highest BCUT2D eigenvalue weighted by Crippen LogP contribution is 2.41. The number of carbonyl (C=O) groups is 1. The van der Waals surface area contributed by atoms with Crippen LogP contribution in [0.15, 0.2) is 59.9 Å². The summed E-state index contributed by atoms with van der Waals surface area (Å²) in [5.41, 5.74) is 7.23. The van der Waals surface area contributed by atoms with E-state index in [1.54, 1.807) is 37.3 Å². The third-order valence-electron chi connectivity index (χ3n) is 5.06. The van der Waals surface area contributed by atoms with Crippen molar-refractivity contribution in [2.75, 3.05) is 6.61 Å². The van der Waals surface area contributed by atoms with Crippen LogP contribution in [0, 0.1) is 12.7 Å². The van der Waals surface area contributed by atoms with Crippen molar-refractivity contribution in [2.24, 2.45) is 10.7 Å². The molecule has 0 spiro atoms. The molecule has 0 fully saturated rings. The molecule has 0 aliphatic carbocycles. The number of aryl methyl sites for hydroxylation is 1. The van der Waals surface area contributed by atoms with Crippen LogP contribution in [0.2, 0.25) is 5.02 Å². The third-order valence-corrected chi connectivity index (χ3v) is 5.27. The minimum absolute atomic E-state index is 0.0270. The van der Waals surface area contributed by atoms with Gasteiger partial charge in [0.1, 0.15) is 18.2 Å². The Morgan fingerprint density at radius 1 is 1.21 bits per heavy atom. The van der Waals surface area contributed by atoms with Gasteiger partial charge in [-0.25, -0.2) is 9.38 Å². The summed E-state index contributed by atoms with van der Waals surface area (Å²) in [6, 6.07) is 10.8. The molecule has 1 aromatic heterocycles. The van der Waals surface area contributed by atoms with Crippen molar-refractivity contribution >= 4 is 24.1 Å². The van der Waals surface area contributed by atoms with Gasteiger partial charge in [0.25, 0.3) is 12.5 Å². The Bertz CT molecular complexity index is 1230. The Balaban J connectivity index is 0.00000103. The van der Waals surface area contributed by atoms with E-state index < -0.39 is 18.0 Å². The second-order valence-corrected chi connectivity index (χ2v) is 7.59. The van der Waals surface area contributed by atoms with Gasteiger partial charge < -0.3 is 20.3 Å². The molecule has 2 heterocycles. The highest BCUT2D eigenvalue weighted by atomic mass is 35.5. The van der Waals surface area contributed by atoms with Crippen molar-refractivity contribution in [1.82, 2.24) is 4.98 Å². The second-order valence-electron chi connectivity index (χ2n) is 7.15. The maximum Gasteiger partial charge on any atom is 0.387 e. The lowest BCUT2D eigenvalue weighted by molar-refractivity contribution is -0.122. The van der Waals surface area contributed by atoms with Crippen molar-refractivity contribution in [3.05, 3.63) is 82.4 Å². The highest BCUT2D eigenvalue weighted by molar-refractivity contribution is 6.30. The van der Waals surface area contributed by atoms with Gasteiger partial charge in [0.05, 0.1) is 5.02 Å². The van der Waals surface area contributed by atoms with E-state index in [1.807, 2.05) is 0 Å². The van der Waals surface area contributed by atoms with Crippen LogP contribution in [0.4, 0.5) is 13.2 Å². The highest BCUT2D eigenvalue weighted by Gasteiger charge is 2.40. The number of ether oxygens (including phenoxy) is 2. The van der Waals surface area contributed by atoms with Gasteiger partial charge in [-0.15, -0.1) is 0 Å². The molecule has 0 amide bonds. The number of alkyl halides is 2. The number of benzene rings is 2. The molecule has 1 aliphatic rings. The number of aliphatic imine (C=N–C) groups is 1. The molecule has 34 heavy (non-hydrogen) atoms. The number of hydrogen-bond acceptors (Lipinski definition) is 6. The first-order chi connectivity index (χ1) is 16.2. The van der Waals surface area contributed by atoms with E-state index in [0.717, 1.165) is 0 Å². The Morgan fingerprint density at radius 2 is 1.88 bits per heavy atom. The smallest absolute Gasteiger partial charge is 0.387 e. The van der Waals surface area contributed by atoms with Crippen LogP contribution in [-0.2, 0) is 15.1 Å². The van der Waals surface area contributed by atoms with Gasteiger partial charge in [-0.2, -0.15) is 8.78 Å². The number of carboxylic acid groups (broad SMARTS) is 1. The molecule has 2 aromatic carbocycles. The zero-order chi connectivity index (χ0) is 24.9. The lowest BCUT2D eigenvalue weighted by atomic mass is 9.82. The molecule has 1 atom stereocenters. The third kappa shape index (κ3) is 5.23. The zero-order valence-electron chi connectivity index (χ0n) is 17.7. The van der Waals surface area contributed by atoms with Gasteiger partial charge in [-0.05, 0) is 53.9 Å².